The minimum absolute atomic E-state index is 0.0473. The molecule has 0 aliphatic heterocycles. The first kappa shape index (κ1) is 25.8. The van der Waals surface area contributed by atoms with Gasteiger partial charge in [0.2, 0.25) is 15.9 Å². The first-order valence-electron chi connectivity index (χ1n) is 9.43. The van der Waals surface area contributed by atoms with Gasteiger partial charge in [0.25, 0.3) is 0 Å². The summed E-state index contributed by atoms with van der Waals surface area (Å²) in [5, 5.41) is 3.60. The lowest BCUT2D eigenvalue weighted by molar-refractivity contribution is -0.116. The molecule has 0 saturated heterocycles. The van der Waals surface area contributed by atoms with E-state index < -0.39 is 22.5 Å². The molecular weight excluding hydrogens is 575 g/mol. The molecule has 0 radical (unpaired) electrons. The zero-order valence-corrected chi connectivity index (χ0v) is 21.9. The van der Waals surface area contributed by atoms with Crippen LogP contribution >= 0.6 is 50.7 Å². The van der Waals surface area contributed by atoms with Gasteiger partial charge in [0, 0.05) is 16.7 Å². The molecule has 0 aliphatic rings. The van der Waals surface area contributed by atoms with E-state index in [1.165, 1.54) is 25.3 Å². The van der Waals surface area contributed by atoms with E-state index in [9.17, 15) is 13.2 Å². The molecular formula is C22H18BrCl3N2O4S. The summed E-state index contributed by atoms with van der Waals surface area (Å²) >= 11 is 21.5. The van der Waals surface area contributed by atoms with Crippen LogP contribution in [0.1, 0.15) is 5.56 Å². The van der Waals surface area contributed by atoms with Crippen LogP contribution < -0.4 is 10.1 Å². The highest BCUT2D eigenvalue weighted by atomic mass is 79.9. The van der Waals surface area contributed by atoms with Crippen molar-refractivity contribution in [3.05, 3.63) is 85.8 Å². The van der Waals surface area contributed by atoms with Gasteiger partial charge in [-0.2, -0.15) is 4.31 Å². The van der Waals surface area contributed by atoms with Crippen molar-refractivity contribution in [3.63, 3.8) is 0 Å². The lowest BCUT2D eigenvalue weighted by Gasteiger charge is -2.22. The Morgan fingerprint density at radius 2 is 1.67 bits per heavy atom. The van der Waals surface area contributed by atoms with Crippen LogP contribution in [0.2, 0.25) is 15.1 Å². The molecule has 0 unspecified atom stereocenters. The molecule has 0 fully saturated rings. The molecule has 0 bridgehead atoms. The monoisotopic (exact) mass is 590 g/mol. The van der Waals surface area contributed by atoms with E-state index in [2.05, 4.69) is 21.2 Å². The first-order valence-corrected chi connectivity index (χ1v) is 12.8. The molecule has 0 atom stereocenters. The molecule has 0 aliphatic carbocycles. The molecule has 0 heterocycles. The molecule has 1 N–H and O–H groups in total. The lowest BCUT2D eigenvalue weighted by atomic mass is 10.2. The Labute approximate surface area is 215 Å². The Hall–Kier alpha value is -1.81. The van der Waals surface area contributed by atoms with Crippen LogP contribution in [0.5, 0.6) is 5.75 Å². The molecule has 11 heteroatoms. The number of nitrogens with one attached hydrogen (secondary N) is 1. The summed E-state index contributed by atoms with van der Waals surface area (Å²) in [6.07, 6.45) is 0. The normalized spacial score (nSPS) is 11.5. The topological polar surface area (TPSA) is 75.7 Å². The Kier molecular flexibility index (Phi) is 8.66. The van der Waals surface area contributed by atoms with Gasteiger partial charge >= 0.3 is 0 Å². The third kappa shape index (κ3) is 6.62. The van der Waals surface area contributed by atoms with E-state index >= 15 is 0 Å². The second-order valence-corrected chi connectivity index (χ2v) is 10.9. The van der Waals surface area contributed by atoms with Gasteiger partial charge in [-0.15, -0.1) is 0 Å². The minimum Gasteiger partial charge on any atom is -0.495 e. The number of ether oxygens (including phenoxy) is 1. The van der Waals surface area contributed by atoms with E-state index in [-0.39, 0.29) is 16.5 Å². The second-order valence-electron chi connectivity index (χ2n) is 6.87. The largest absolute Gasteiger partial charge is 0.495 e. The fraction of sp³-hybridized carbons (Fsp3) is 0.136. The van der Waals surface area contributed by atoms with Crippen LogP contribution in [0.4, 0.5) is 5.69 Å². The van der Waals surface area contributed by atoms with Crippen molar-refractivity contribution in [1.82, 2.24) is 4.31 Å². The summed E-state index contributed by atoms with van der Waals surface area (Å²) in [7, 11) is -2.54. The SMILES string of the molecule is COc1ccc(NC(=O)CN(Cc2ccc(Cl)c(Cl)c2)S(=O)(=O)c2ccc(Br)cc2)cc1Cl. The number of anilines is 1. The molecule has 3 aromatic carbocycles. The van der Waals surface area contributed by atoms with Crippen molar-refractivity contribution in [2.24, 2.45) is 0 Å². The fourth-order valence-corrected chi connectivity index (χ4v) is 5.16. The molecule has 0 spiro atoms. The van der Waals surface area contributed by atoms with Crippen LogP contribution in [0.25, 0.3) is 0 Å². The van der Waals surface area contributed by atoms with E-state index in [0.29, 0.717) is 27.0 Å². The number of benzene rings is 3. The molecule has 0 saturated carbocycles. The Balaban J connectivity index is 1.88. The number of rotatable bonds is 8. The molecule has 174 valence electrons. The highest BCUT2D eigenvalue weighted by Crippen LogP contribution is 2.28. The third-order valence-corrected chi connectivity index (χ3v) is 7.92. The van der Waals surface area contributed by atoms with Crippen LogP contribution in [0, 0.1) is 0 Å². The number of sulfonamides is 1. The number of methoxy groups -OCH3 is 1. The van der Waals surface area contributed by atoms with Crippen molar-refractivity contribution in [1.29, 1.82) is 0 Å². The quantitative estimate of drug-likeness (QED) is 0.336. The summed E-state index contributed by atoms with van der Waals surface area (Å²) in [6, 6.07) is 15.7. The van der Waals surface area contributed by atoms with Gasteiger partial charge in [0.15, 0.2) is 0 Å². The highest BCUT2D eigenvalue weighted by Gasteiger charge is 2.27. The zero-order chi connectivity index (χ0) is 24.2. The molecule has 3 rings (SSSR count). The van der Waals surface area contributed by atoms with E-state index in [0.717, 1.165) is 8.78 Å². The van der Waals surface area contributed by atoms with E-state index in [1.54, 1.807) is 42.5 Å². The lowest BCUT2D eigenvalue weighted by Crippen LogP contribution is -2.37. The number of nitrogens with zero attached hydrogens (tertiary/aromatic N) is 1. The predicted octanol–water partition coefficient (Wildman–Crippen LogP) is 6.25. The van der Waals surface area contributed by atoms with Crippen molar-refractivity contribution in [2.75, 3.05) is 19.0 Å². The Morgan fingerprint density at radius 1 is 0.970 bits per heavy atom. The second kappa shape index (κ2) is 11.1. The maximum absolute atomic E-state index is 13.4. The van der Waals surface area contributed by atoms with E-state index in [1.807, 2.05) is 0 Å². The smallest absolute Gasteiger partial charge is 0.243 e. The number of carbonyl (C=O) groups excluding carboxylic acids is 1. The van der Waals surface area contributed by atoms with Crippen LogP contribution in [-0.2, 0) is 21.4 Å². The van der Waals surface area contributed by atoms with Gasteiger partial charge in [-0.1, -0.05) is 56.8 Å². The summed E-state index contributed by atoms with van der Waals surface area (Å²) in [5.74, 6) is -0.0919. The van der Waals surface area contributed by atoms with Gasteiger partial charge in [-0.05, 0) is 60.2 Å². The number of hydrogen-bond donors (Lipinski definition) is 1. The van der Waals surface area contributed by atoms with Gasteiger partial charge in [0.1, 0.15) is 5.75 Å². The number of carbonyl (C=O) groups is 1. The van der Waals surface area contributed by atoms with Gasteiger partial charge in [0.05, 0.1) is 33.6 Å². The molecule has 0 aromatic heterocycles. The van der Waals surface area contributed by atoms with Crippen molar-refractivity contribution >= 4 is 72.4 Å². The first-order chi connectivity index (χ1) is 15.6. The minimum atomic E-state index is -4.02. The van der Waals surface area contributed by atoms with Crippen molar-refractivity contribution in [2.45, 2.75) is 11.4 Å². The number of halogens is 4. The van der Waals surface area contributed by atoms with Crippen molar-refractivity contribution < 1.29 is 17.9 Å². The zero-order valence-electron chi connectivity index (χ0n) is 17.2. The highest BCUT2D eigenvalue weighted by molar-refractivity contribution is 9.10. The van der Waals surface area contributed by atoms with Crippen LogP contribution in [-0.4, -0.2) is 32.3 Å². The maximum Gasteiger partial charge on any atom is 0.243 e. The summed E-state index contributed by atoms with van der Waals surface area (Å²) in [5.41, 5.74) is 0.978. The average molecular weight is 593 g/mol. The molecule has 6 nitrogen and oxygen atoms in total. The van der Waals surface area contributed by atoms with Crippen molar-refractivity contribution in [3.8, 4) is 5.75 Å². The average Bonchev–Trinajstić information content (AvgIpc) is 2.76. The molecule has 3 aromatic rings. The summed E-state index contributed by atoms with van der Waals surface area (Å²) in [4.78, 5) is 12.8. The fourth-order valence-electron chi connectivity index (χ4n) is 2.93. The van der Waals surface area contributed by atoms with Crippen LogP contribution in [0.3, 0.4) is 0 Å². The molecule has 1 amide bonds. The van der Waals surface area contributed by atoms with E-state index in [4.69, 9.17) is 39.5 Å². The molecule has 33 heavy (non-hydrogen) atoms. The van der Waals surface area contributed by atoms with Gasteiger partial charge in [-0.25, -0.2) is 8.42 Å². The Morgan fingerprint density at radius 3 is 2.27 bits per heavy atom. The standard InChI is InChI=1S/C22H18BrCl3N2O4S/c1-32-21-9-5-16(11-20(21)26)27-22(29)13-28(12-14-2-8-18(24)19(25)10-14)33(30,31)17-6-3-15(23)4-7-17/h2-11H,12-13H2,1H3,(H,27,29). The predicted molar refractivity (Wildman–Crippen MR) is 135 cm³/mol. The third-order valence-electron chi connectivity index (χ3n) is 4.55. The maximum atomic E-state index is 13.4. The Bertz CT molecular complexity index is 1270. The van der Waals surface area contributed by atoms with Gasteiger partial charge in [-0.3, -0.25) is 4.79 Å². The number of hydrogen-bond acceptors (Lipinski definition) is 4. The number of amides is 1. The van der Waals surface area contributed by atoms with Gasteiger partial charge < -0.3 is 10.1 Å². The summed E-state index contributed by atoms with van der Waals surface area (Å²) < 4.78 is 33.6. The summed E-state index contributed by atoms with van der Waals surface area (Å²) in [6.45, 7) is -0.533. The van der Waals surface area contributed by atoms with Crippen LogP contribution in [0.15, 0.2) is 70.0 Å².